The van der Waals surface area contributed by atoms with Crippen LogP contribution in [0.1, 0.15) is 47.0 Å². The SMILES string of the molecule is C#CCC(C)(C)CCC(C)(C)CNC=O. The van der Waals surface area contributed by atoms with Gasteiger partial charge in [0, 0.05) is 13.0 Å². The molecule has 0 aromatic heterocycles. The summed E-state index contributed by atoms with van der Waals surface area (Å²) in [6, 6.07) is 0. The van der Waals surface area contributed by atoms with Crippen LogP contribution < -0.4 is 5.32 Å². The van der Waals surface area contributed by atoms with Crippen molar-refractivity contribution in [2.75, 3.05) is 6.54 Å². The molecule has 0 aliphatic rings. The molecule has 0 heterocycles. The normalized spacial score (nSPS) is 11.9. The van der Waals surface area contributed by atoms with Crippen LogP contribution in [0.25, 0.3) is 0 Å². The van der Waals surface area contributed by atoms with Crippen molar-refractivity contribution in [2.45, 2.75) is 47.0 Å². The Bertz CT molecular complexity index is 235. The number of hydrogen-bond donors (Lipinski definition) is 1. The molecular weight excluding hydrogens is 186 g/mol. The second kappa shape index (κ2) is 5.80. The topological polar surface area (TPSA) is 29.1 Å². The van der Waals surface area contributed by atoms with Crippen molar-refractivity contribution in [1.82, 2.24) is 5.32 Å². The zero-order chi connectivity index (χ0) is 11.9. The zero-order valence-electron chi connectivity index (χ0n) is 10.4. The summed E-state index contributed by atoms with van der Waals surface area (Å²) in [6.45, 7) is 9.43. The van der Waals surface area contributed by atoms with E-state index in [0.717, 1.165) is 32.2 Å². The van der Waals surface area contributed by atoms with Crippen LogP contribution in [0.2, 0.25) is 0 Å². The van der Waals surface area contributed by atoms with Crippen molar-refractivity contribution in [3.63, 3.8) is 0 Å². The predicted molar refractivity (Wildman–Crippen MR) is 64.3 cm³/mol. The monoisotopic (exact) mass is 209 g/mol. The van der Waals surface area contributed by atoms with Gasteiger partial charge < -0.3 is 5.32 Å². The Hall–Kier alpha value is -0.970. The van der Waals surface area contributed by atoms with Crippen LogP contribution in [0.5, 0.6) is 0 Å². The summed E-state index contributed by atoms with van der Waals surface area (Å²) in [5.74, 6) is 2.72. The van der Waals surface area contributed by atoms with Gasteiger partial charge in [0.05, 0.1) is 0 Å². The maximum atomic E-state index is 10.2. The summed E-state index contributed by atoms with van der Waals surface area (Å²) in [5.41, 5.74) is 0.347. The third-order valence-electron chi connectivity index (χ3n) is 2.72. The number of rotatable bonds is 7. The van der Waals surface area contributed by atoms with Gasteiger partial charge in [-0.15, -0.1) is 12.3 Å². The fraction of sp³-hybridized carbons (Fsp3) is 0.769. The molecule has 0 saturated carbocycles. The Morgan fingerprint density at radius 1 is 1.20 bits per heavy atom. The summed E-state index contributed by atoms with van der Waals surface area (Å²) in [5, 5.41) is 2.74. The van der Waals surface area contributed by atoms with E-state index >= 15 is 0 Å². The molecule has 0 aliphatic heterocycles. The first-order valence-electron chi connectivity index (χ1n) is 5.43. The Kier molecular flexibility index (Phi) is 5.43. The third kappa shape index (κ3) is 7.02. The first-order chi connectivity index (χ1) is 6.83. The van der Waals surface area contributed by atoms with E-state index in [1.54, 1.807) is 0 Å². The van der Waals surface area contributed by atoms with E-state index in [9.17, 15) is 4.79 Å². The largest absolute Gasteiger partial charge is 0.358 e. The second-order valence-corrected chi connectivity index (χ2v) is 5.71. The highest BCUT2D eigenvalue weighted by atomic mass is 16.1. The molecule has 0 saturated heterocycles. The lowest BCUT2D eigenvalue weighted by molar-refractivity contribution is -0.109. The van der Waals surface area contributed by atoms with E-state index < -0.39 is 0 Å². The van der Waals surface area contributed by atoms with Gasteiger partial charge in [0.2, 0.25) is 6.41 Å². The summed E-state index contributed by atoms with van der Waals surface area (Å²) in [7, 11) is 0. The van der Waals surface area contributed by atoms with Gasteiger partial charge in [0.15, 0.2) is 0 Å². The molecular formula is C13H23NO. The first-order valence-corrected chi connectivity index (χ1v) is 5.43. The van der Waals surface area contributed by atoms with Crippen molar-refractivity contribution in [1.29, 1.82) is 0 Å². The molecule has 0 bridgehead atoms. The molecule has 0 atom stereocenters. The fourth-order valence-corrected chi connectivity index (χ4v) is 1.45. The molecule has 0 aliphatic carbocycles. The van der Waals surface area contributed by atoms with Crippen molar-refractivity contribution >= 4 is 6.41 Å². The van der Waals surface area contributed by atoms with Gasteiger partial charge in [-0.3, -0.25) is 4.79 Å². The smallest absolute Gasteiger partial charge is 0.207 e. The van der Waals surface area contributed by atoms with Gasteiger partial charge in [-0.2, -0.15) is 0 Å². The van der Waals surface area contributed by atoms with E-state index in [2.05, 4.69) is 38.9 Å². The van der Waals surface area contributed by atoms with Crippen molar-refractivity contribution < 1.29 is 4.79 Å². The molecule has 2 heteroatoms. The van der Waals surface area contributed by atoms with Crippen LogP contribution in [0.3, 0.4) is 0 Å². The maximum Gasteiger partial charge on any atom is 0.207 e. The van der Waals surface area contributed by atoms with Crippen LogP contribution in [-0.4, -0.2) is 13.0 Å². The lowest BCUT2D eigenvalue weighted by Crippen LogP contribution is -2.29. The van der Waals surface area contributed by atoms with Crippen LogP contribution >= 0.6 is 0 Å². The van der Waals surface area contributed by atoms with E-state index in [-0.39, 0.29) is 10.8 Å². The number of nitrogens with one attached hydrogen (secondary N) is 1. The van der Waals surface area contributed by atoms with Gasteiger partial charge >= 0.3 is 0 Å². The Morgan fingerprint density at radius 2 is 1.73 bits per heavy atom. The summed E-state index contributed by atoms with van der Waals surface area (Å²) in [4.78, 5) is 10.2. The number of carbonyl (C=O) groups excluding carboxylic acids is 1. The average Bonchev–Trinajstić information content (AvgIpc) is 2.12. The van der Waals surface area contributed by atoms with Crippen LogP contribution in [0.4, 0.5) is 0 Å². The summed E-state index contributed by atoms with van der Waals surface area (Å²) in [6.07, 6.45) is 9.05. The van der Waals surface area contributed by atoms with Crippen LogP contribution in [0, 0.1) is 23.2 Å². The van der Waals surface area contributed by atoms with Gasteiger partial charge in [0.25, 0.3) is 0 Å². The average molecular weight is 209 g/mol. The summed E-state index contributed by atoms with van der Waals surface area (Å²) >= 11 is 0. The quantitative estimate of drug-likeness (QED) is 0.507. The van der Waals surface area contributed by atoms with Crippen molar-refractivity contribution in [2.24, 2.45) is 10.8 Å². The number of amides is 1. The minimum Gasteiger partial charge on any atom is -0.358 e. The van der Waals surface area contributed by atoms with E-state index in [1.807, 2.05) is 0 Å². The molecule has 1 N–H and O–H groups in total. The van der Waals surface area contributed by atoms with Gasteiger partial charge in [0.1, 0.15) is 0 Å². The maximum absolute atomic E-state index is 10.2. The Balaban J connectivity index is 4.02. The Morgan fingerprint density at radius 3 is 2.20 bits per heavy atom. The molecule has 0 spiro atoms. The standard InChI is InChI=1S/C13H23NO/c1-6-7-12(2,3)8-9-13(4,5)10-14-11-15/h1,11H,7-10H2,2-5H3,(H,14,15). The predicted octanol–water partition coefficient (Wildman–Crippen LogP) is 2.59. The van der Waals surface area contributed by atoms with Gasteiger partial charge in [-0.1, -0.05) is 27.7 Å². The lowest BCUT2D eigenvalue weighted by atomic mass is 9.77. The lowest BCUT2D eigenvalue weighted by Gasteiger charge is -2.29. The second-order valence-electron chi connectivity index (χ2n) is 5.71. The van der Waals surface area contributed by atoms with E-state index in [4.69, 9.17) is 6.42 Å². The molecule has 0 aromatic carbocycles. The van der Waals surface area contributed by atoms with Crippen molar-refractivity contribution in [3.8, 4) is 12.3 Å². The Labute approximate surface area is 93.8 Å². The highest BCUT2D eigenvalue weighted by Crippen LogP contribution is 2.32. The van der Waals surface area contributed by atoms with E-state index in [1.165, 1.54) is 0 Å². The van der Waals surface area contributed by atoms with Crippen molar-refractivity contribution in [3.05, 3.63) is 0 Å². The minimum absolute atomic E-state index is 0.146. The molecule has 0 unspecified atom stereocenters. The molecule has 0 fully saturated rings. The summed E-state index contributed by atoms with van der Waals surface area (Å²) < 4.78 is 0. The highest BCUT2D eigenvalue weighted by molar-refractivity contribution is 5.45. The van der Waals surface area contributed by atoms with Gasteiger partial charge in [-0.05, 0) is 23.7 Å². The zero-order valence-corrected chi connectivity index (χ0v) is 10.4. The third-order valence-corrected chi connectivity index (χ3v) is 2.72. The minimum atomic E-state index is 0.146. The fourth-order valence-electron chi connectivity index (χ4n) is 1.45. The molecule has 0 radical (unpaired) electrons. The van der Waals surface area contributed by atoms with Gasteiger partial charge in [-0.25, -0.2) is 0 Å². The van der Waals surface area contributed by atoms with Crippen LogP contribution in [0.15, 0.2) is 0 Å². The molecule has 2 nitrogen and oxygen atoms in total. The first kappa shape index (κ1) is 14.0. The molecule has 15 heavy (non-hydrogen) atoms. The number of hydrogen-bond acceptors (Lipinski definition) is 1. The molecule has 0 rings (SSSR count). The number of terminal acetylenes is 1. The number of carbonyl (C=O) groups is 1. The molecule has 86 valence electrons. The molecule has 1 amide bonds. The van der Waals surface area contributed by atoms with E-state index in [0.29, 0.717) is 0 Å². The highest BCUT2D eigenvalue weighted by Gasteiger charge is 2.23. The van der Waals surface area contributed by atoms with Crippen LogP contribution in [-0.2, 0) is 4.79 Å². The molecule has 0 aromatic rings.